The highest BCUT2D eigenvalue weighted by Crippen LogP contribution is 2.41. The van der Waals surface area contributed by atoms with Gasteiger partial charge in [0.05, 0.1) is 11.4 Å². The second-order valence-corrected chi connectivity index (χ2v) is 5.10. The lowest BCUT2D eigenvalue weighted by atomic mass is 9.85. The van der Waals surface area contributed by atoms with Gasteiger partial charge in [-0.1, -0.05) is 18.2 Å². The average molecular weight is 225 g/mol. The summed E-state index contributed by atoms with van der Waals surface area (Å²) in [6.45, 7) is 2.42. The van der Waals surface area contributed by atoms with Gasteiger partial charge in [0.1, 0.15) is 0 Å². The Bertz CT molecular complexity index is 522. The van der Waals surface area contributed by atoms with Gasteiger partial charge in [0.25, 0.3) is 0 Å². The first-order chi connectivity index (χ1) is 8.42. The third-order valence-electron chi connectivity index (χ3n) is 4.17. The van der Waals surface area contributed by atoms with Gasteiger partial charge in [-0.05, 0) is 24.5 Å². The predicted octanol–water partition coefficient (Wildman–Crippen LogP) is 3.26. The molecule has 0 spiro atoms. The molecule has 1 aromatic carbocycles. The normalized spacial score (nSPS) is 22.5. The number of hydrogen-bond donors (Lipinski definition) is 0. The Hall–Kier alpha value is -1.64. The maximum atomic E-state index is 4.53. The number of piperidine rings is 1. The highest BCUT2D eigenvalue weighted by atomic mass is 15.2. The molecular weight excluding hydrogens is 210 g/mol. The van der Waals surface area contributed by atoms with Crippen LogP contribution in [0.2, 0.25) is 0 Å². The molecule has 1 aromatic rings. The van der Waals surface area contributed by atoms with Crippen molar-refractivity contribution in [3.63, 3.8) is 0 Å². The van der Waals surface area contributed by atoms with Gasteiger partial charge in [-0.15, -0.1) is 0 Å². The minimum absolute atomic E-state index is 0.660. The van der Waals surface area contributed by atoms with Crippen molar-refractivity contribution >= 4 is 5.69 Å². The SMILES string of the molecule is c1ccc2c(c1)CC1=C(N=N2)C2CCN1CC2. The lowest BCUT2D eigenvalue weighted by Gasteiger charge is -2.41. The van der Waals surface area contributed by atoms with E-state index in [0.717, 1.165) is 12.1 Å². The first-order valence-corrected chi connectivity index (χ1v) is 6.39. The van der Waals surface area contributed by atoms with Crippen LogP contribution in [0.5, 0.6) is 0 Å². The number of benzene rings is 1. The van der Waals surface area contributed by atoms with E-state index >= 15 is 0 Å². The maximum absolute atomic E-state index is 4.53. The highest BCUT2D eigenvalue weighted by Gasteiger charge is 2.34. The van der Waals surface area contributed by atoms with Crippen molar-refractivity contribution in [3.05, 3.63) is 41.2 Å². The van der Waals surface area contributed by atoms with Crippen LogP contribution in [0, 0.1) is 5.92 Å². The van der Waals surface area contributed by atoms with Crippen LogP contribution >= 0.6 is 0 Å². The summed E-state index contributed by atoms with van der Waals surface area (Å²) in [6, 6.07) is 8.37. The van der Waals surface area contributed by atoms with Crippen LogP contribution in [0.15, 0.2) is 45.9 Å². The van der Waals surface area contributed by atoms with Gasteiger partial charge in [-0.2, -0.15) is 10.2 Å². The minimum Gasteiger partial charge on any atom is -0.373 e. The van der Waals surface area contributed by atoms with Crippen LogP contribution in [0.4, 0.5) is 5.69 Å². The largest absolute Gasteiger partial charge is 0.373 e. The average Bonchev–Trinajstić information content (AvgIpc) is 2.60. The van der Waals surface area contributed by atoms with Gasteiger partial charge in [-0.25, -0.2) is 0 Å². The smallest absolute Gasteiger partial charge is 0.0892 e. The Labute approximate surface area is 101 Å². The molecule has 0 aromatic heterocycles. The molecule has 0 saturated carbocycles. The molecule has 4 aliphatic rings. The van der Waals surface area contributed by atoms with Crippen molar-refractivity contribution in [3.8, 4) is 0 Å². The van der Waals surface area contributed by atoms with E-state index in [4.69, 9.17) is 0 Å². The van der Waals surface area contributed by atoms with E-state index in [2.05, 4.69) is 33.3 Å². The van der Waals surface area contributed by atoms with Crippen molar-refractivity contribution in [2.24, 2.45) is 16.1 Å². The maximum Gasteiger partial charge on any atom is 0.0892 e. The fraction of sp³-hybridized carbons (Fsp3) is 0.429. The van der Waals surface area contributed by atoms with E-state index in [1.54, 1.807) is 0 Å². The van der Waals surface area contributed by atoms with E-state index in [9.17, 15) is 0 Å². The Morgan fingerprint density at radius 1 is 1.06 bits per heavy atom. The molecule has 0 amide bonds. The number of fused-ring (bicyclic) bond motifs is 3. The number of azo groups is 1. The van der Waals surface area contributed by atoms with Crippen molar-refractivity contribution in [2.75, 3.05) is 13.1 Å². The molecule has 5 rings (SSSR count). The van der Waals surface area contributed by atoms with Crippen molar-refractivity contribution in [2.45, 2.75) is 19.3 Å². The molecule has 0 unspecified atom stereocenters. The quantitative estimate of drug-likeness (QED) is 0.666. The van der Waals surface area contributed by atoms with Crippen LogP contribution in [-0.2, 0) is 6.42 Å². The van der Waals surface area contributed by atoms with E-state index in [-0.39, 0.29) is 0 Å². The molecule has 0 atom stereocenters. The zero-order chi connectivity index (χ0) is 11.2. The van der Waals surface area contributed by atoms with E-state index in [1.807, 2.05) is 6.07 Å². The lowest BCUT2D eigenvalue weighted by molar-refractivity contribution is 0.200. The molecule has 17 heavy (non-hydrogen) atoms. The predicted molar refractivity (Wildman–Crippen MR) is 66.0 cm³/mol. The van der Waals surface area contributed by atoms with Crippen LogP contribution in [0.1, 0.15) is 18.4 Å². The van der Waals surface area contributed by atoms with Crippen LogP contribution in [0.25, 0.3) is 0 Å². The van der Waals surface area contributed by atoms with Gasteiger partial charge in [0, 0.05) is 31.1 Å². The first kappa shape index (κ1) is 9.40. The summed E-state index contributed by atoms with van der Waals surface area (Å²) in [7, 11) is 0. The lowest BCUT2D eigenvalue weighted by Crippen LogP contribution is -2.40. The summed E-state index contributed by atoms with van der Waals surface area (Å²) >= 11 is 0. The Kier molecular flexibility index (Phi) is 1.89. The monoisotopic (exact) mass is 225 g/mol. The van der Waals surface area contributed by atoms with E-state index < -0.39 is 0 Å². The van der Waals surface area contributed by atoms with Crippen LogP contribution in [0.3, 0.4) is 0 Å². The Balaban J connectivity index is 1.85. The summed E-state index contributed by atoms with van der Waals surface area (Å²) in [5.74, 6) is 0.660. The summed E-state index contributed by atoms with van der Waals surface area (Å²) < 4.78 is 0. The second kappa shape index (κ2) is 3.42. The van der Waals surface area contributed by atoms with Crippen molar-refractivity contribution in [1.29, 1.82) is 0 Å². The second-order valence-electron chi connectivity index (χ2n) is 5.10. The molecule has 0 radical (unpaired) electrons. The number of rotatable bonds is 0. The number of hydrogen-bond acceptors (Lipinski definition) is 3. The summed E-state index contributed by atoms with van der Waals surface area (Å²) in [5.41, 5.74) is 5.05. The molecule has 86 valence electrons. The van der Waals surface area contributed by atoms with Crippen molar-refractivity contribution < 1.29 is 0 Å². The third-order valence-corrected chi connectivity index (χ3v) is 4.17. The van der Waals surface area contributed by atoms with Gasteiger partial charge in [0.2, 0.25) is 0 Å². The molecular formula is C14H15N3. The minimum atomic E-state index is 0.660. The topological polar surface area (TPSA) is 28.0 Å². The molecule has 1 saturated heterocycles. The van der Waals surface area contributed by atoms with Crippen LogP contribution in [-0.4, -0.2) is 18.0 Å². The summed E-state index contributed by atoms with van der Waals surface area (Å²) in [5, 5.41) is 8.96. The number of allylic oxidation sites excluding steroid dienone is 2. The van der Waals surface area contributed by atoms with Gasteiger partial charge in [0.15, 0.2) is 0 Å². The molecule has 4 heterocycles. The fourth-order valence-electron chi connectivity index (χ4n) is 3.21. The van der Waals surface area contributed by atoms with Crippen LogP contribution < -0.4 is 0 Å². The standard InChI is InChI=1S/C14H15N3/c1-2-4-12-11(3-1)9-13-14(16-15-12)10-5-7-17(13)8-6-10/h1-4,10H,5-9H2. The van der Waals surface area contributed by atoms with Gasteiger partial charge < -0.3 is 4.90 Å². The zero-order valence-electron chi connectivity index (χ0n) is 9.76. The Morgan fingerprint density at radius 2 is 1.88 bits per heavy atom. The van der Waals surface area contributed by atoms with E-state index in [1.165, 1.54) is 42.9 Å². The van der Waals surface area contributed by atoms with Gasteiger partial charge in [-0.3, -0.25) is 0 Å². The molecule has 3 heteroatoms. The first-order valence-electron chi connectivity index (χ1n) is 6.39. The summed E-state index contributed by atoms with van der Waals surface area (Å²) in [4.78, 5) is 2.51. The molecule has 0 N–H and O–H groups in total. The van der Waals surface area contributed by atoms with Crippen molar-refractivity contribution in [1.82, 2.24) is 4.90 Å². The van der Waals surface area contributed by atoms with Gasteiger partial charge >= 0.3 is 0 Å². The third kappa shape index (κ3) is 1.35. The molecule has 2 bridgehead atoms. The highest BCUT2D eigenvalue weighted by molar-refractivity contribution is 5.49. The molecule has 0 aliphatic carbocycles. The summed E-state index contributed by atoms with van der Waals surface area (Å²) in [6.07, 6.45) is 3.53. The molecule has 3 nitrogen and oxygen atoms in total. The Morgan fingerprint density at radius 3 is 2.76 bits per heavy atom. The fourth-order valence-corrected chi connectivity index (χ4v) is 3.21. The van der Waals surface area contributed by atoms with E-state index in [0.29, 0.717) is 5.92 Å². The number of nitrogens with zero attached hydrogens (tertiary/aromatic N) is 3. The zero-order valence-corrected chi connectivity index (χ0v) is 9.76. The molecule has 1 fully saturated rings. The molecule has 4 aliphatic heterocycles.